The van der Waals surface area contributed by atoms with Crippen molar-refractivity contribution >= 4 is 10.8 Å². The second kappa shape index (κ2) is 13.0. The maximum Gasteiger partial charge on any atom is 0.194 e. The van der Waals surface area contributed by atoms with Crippen LogP contribution in [0.1, 0.15) is 66.8 Å². The van der Waals surface area contributed by atoms with Gasteiger partial charge in [0.25, 0.3) is 0 Å². The van der Waals surface area contributed by atoms with Crippen molar-refractivity contribution in [2.75, 3.05) is 0 Å². The lowest BCUT2D eigenvalue weighted by Gasteiger charge is -2.10. The lowest BCUT2D eigenvalue weighted by molar-refractivity contribution is 0.445. The quantitative estimate of drug-likeness (QED) is 0.0983. The number of halogens is 5. The summed E-state index contributed by atoms with van der Waals surface area (Å²) in [5, 5.41) is 1.19. The van der Waals surface area contributed by atoms with E-state index in [0.717, 1.165) is 41.5 Å². The van der Waals surface area contributed by atoms with Gasteiger partial charge in [-0.05, 0) is 89.9 Å². The monoisotopic (exact) mass is 524 g/mol. The lowest BCUT2D eigenvalue weighted by atomic mass is 9.96. The Morgan fingerprint density at radius 3 is 1.82 bits per heavy atom. The first-order chi connectivity index (χ1) is 18.4. The third kappa shape index (κ3) is 7.00. The highest BCUT2D eigenvalue weighted by Gasteiger charge is 2.13. The molecular weight excluding hydrogens is 491 g/mol. The van der Waals surface area contributed by atoms with Crippen LogP contribution in [0.3, 0.4) is 0 Å². The summed E-state index contributed by atoms with van der Waals surface area (Å²) in [4.78, 5) is 0. The average Bonchev–Trinajstić information content (AvgIpc) is 2.90. The maximum absolute atomic E-state index is 15.2. The number of fused-ring (bicyclic) bond motifs is 1. The summed E-state index contributed by atoms with van der Waals surface area (Å²) >= 11 is 0. The Hall–Kier alpha value is -3.21. The van der Waals surface area contributed by atoms with Gasteiger partial charge in [-0.15, -0.1) is 0 Å². The number of hydrogen-bond donors (Lipinski definition) is 0. The highest BCUT2D eigenvalue weighted by atomic mass is 19.2. The van der Waals surface area contributed by atoms with E-state index in [-0.39, 0.29) is 30.0 Å². The van der Waals surface area contributed by atoms with Gasteiger partial charge in [0, 0.05) is 5.39 Å². The molecule has 0 aliphatic rings. The van der Waals surface area contributed by atoms with E-state index in [4.69, 9.17) is 0 Å². The molecule has 0 atom stereocenters. The average molecular weight is 525 g/mol. The van der Waals surface area contributed by atoms with E-state index >= 15 is 4.39 Å². The Kier molecular flexibility index (Phi) is 9.54. The van der Waals surface area contributed by atoms with Gasteiger partial charge in [-0.1, -0.05) is 75.1 Å². The fourth-order valence-corrected chi connectivity index (χ4v) is 4.93. The Morgan fingerprint density at radius 1 is 0.474 bits per heavy atom. The number of aryl methyl sites for hydroxylation is 5. The molecule has 0 fully saturated rings. The van der Waals surface area contributed by atoms with Crippen LogP contribution in [0.25, 0.3) is 10.8 Å². The van der Waals surface area contributed by atoms with Gasteiger partial charge in [-0.3, -0.25) is 0 Å². The Morgan fingerprint density at radius 2 is 1.08 bits per heavy atom. The molecule has 0 spiro atoms. The standard InChI is InChI=1S/C33H33F5/c1-2-3-4-5-6-7-22-8-12-25(29(34)19-22)13-9-23-11-17-28-27(18-23)16-15-26(32(28)37)14-10-24-20-30(35)33(38)31(36)21-24/h8,11-12,15-21H,2-7,9-10,13-14H2,1H3. The predicted molar refractivity (Wildman–Crippen MR) is 144 cm³/mol. The molecule has 0 bridgehead atoms. The van der Waals surface area contributed by atoms with Crippen molar-refractivity contribution in [3.8, 4) is 0 Å². The zero-order chi connectivity index (χ0) is 27.1. The SMILES string of the molecule is CCCCCCCc1ccc(CCc2ccc3c(F)c(CCc4cc(F)c(F)c(F)c4)ccc3c2)c(F)c1. The third-order valence-electron chi connectivity index (χ3n) is 7.19. The molecule has 0 radical (unpaired) electrons. The van der Waals surface area contributed by atoms with E-state index in [1.165, 1.54) is 25.7 Å². The highest BCUT2D eigenvalue weighted by Crippen LogP contribution is 2.25. The summed E-state index contributed by atoms with van der Waals surface area (Å²) in [5.74, 6) is -4.56. The van der Waals surface area contributed by atoms with Gasteiger partial charge in [0.2, 0.25) is 0 Å². The molecule has 0 heterocycles. The van der Waals surface area contributed by atoms with Crippen LogP contribution >= 0.6 is 0 Å². The Bertz CT molecular complexity index is 1370. The van der Waals surface area contributed by atoms with Crippen LogP contribution in [-0.4, -0.2) is 0 Å². The van der Waals surface area contributed by atoms with Gasteiger partial charge in [0.15, 0.2) is 17.5 Å². The van der Waals surface area contributed by atoms with E-state index < -0.39 is 17.5 Å². The molecule has 0 aliphatic carbocycles. The first-order valence-corrected chi connectivity index (χ1v) is 13.5. The normalized spacial score (nSPS) is 11.4. The predicted octanol–water partition coefficient (Wildman–Crippen LogP) is 9.62. The van der Waals surface area contributed by atoms with Crippen LogP contribution in [0, 0.1) is 29.1 Å². The number of rotatable bonds is 12. The topological polar surface area (TPSA) is 0 Å². The van der Waals surface area contributed by atoms with Crippen LogP contribution in [-0.2, 0) is 32.1 Å². The van der Waals surface area contributed by atoms with Crippen molar-refractivity contribution in [1.82, 2.24) is 0 Å². The van der Waals surface area contributed by atoms with Crippen molar-refractivity contribution < 1.29 is 22.0 Å². The number of unbranched alkanes of at least 4 members (excludes halogenated alkanes) is 4. The molecule has 4 aromatic carbocycles. The minimum absolute atomic E-state index is 0.173. The van der Waals surface area contributed by atoms with Gasteiger partial charge >= 0.3 is 0 Å². The van der Waals surface area contributed by atoms with Crippen molar-refractivity contribution in [3.05, 3.63) is 118 Å². The zero-order valence-corrected chi connectivity index (χ0v) is 21.7. The highest BCUT2D eigenvalue weighted by molar-refractivity contribution is 5.84. The minimum Gasteiger partial charge on any atom is -0.207 e. The molecule has 0 saturated carbocycles. The molecule has 0 aromatic heterocycles. The van der Waals surface area contributed by atoms with Crippen LogP contribution in [0.5, 0.6) is 0 Å². The fourth-order valence-electron chi connectivity index (χ4n) is 4.93. The molecule has 38 heavy (non-hydrogen) atoms. The molecule has 200 valence electrons. The molecule has 0 aliphatic heterocycles. The summed E-state index contributed by atoms with van der Waals surface area (Å²) in [6, 6.07) is 16.4. The molecule has 0 saturated heterocycles. The van der Waals surface area contributed by atoms with Crippen LogP contribution < -0.4 is 0 Å². The summed E-state index contributed by atoms with van der Waals surface area (Å²) < 4.78 is 70.0. The summed E-state index contributed by atoms with van der Waals surface area (Å²) in [6.07, 6.45) is 8.43. The van der Waals surface area contributed by atoms with Crippen molar-refractivity contribution in [3.63, 3.8) is 0 Å². The molecule has 4 aromatic rings. The summed E-state index contributed by atoms with van der Waals surface area (Å²) in [7, 11) is 0. The van der Waals surface area contributed by atoms with Crippen molar-refractivity contribution in [2.45, 2.75) is 71.1 Å². The summed E-state index contributed by atoms with van der Waals surface area (Å²) in [5.41, 5.74) is 3.39. The first-order valence-electron chi connectivity index (χ1n) is 13.5. The maximum atomic E-state index is 15.2. The lowest BCUT2D eigenvalue weighted by Crippen LogP contribution is -2.00. The molecule has 5 heteroatoms. The second-order valence-corrected chi connectivity index (χ2v) is 10.1. The number of hydrogen-bond acceptors (Lipinski definition) is 0. The zero-order valence-electron chi connectivity index (χ0n) is 21.7. The van der Waals surface area contributed by atoms with Gasteiger partial charge in [-0.25, -0.2) is 22.0 Å². The van der Waals surface area contributed by atoms with E-state index in [1.54, 1.807) is 18.2 Å². The van der Waals surface area contributed by atoms with Gasteiger partial charge < -0.3 is 0 Å². The largest absolute Gasteiger partial charge is 0.207 e. The van der Waals surface area contributed by atoms with Gasteiger partial charge in [-0.2, -0.15) is 0 Å². The molecular formula is C33H33F5. The van der Waals surface area contributed by atoms with E-state index in [9.17, 15) is 17.6 Å². The third-order valence-corrected chi connectivity index (χ3v) is 7.19. The minimum atomic E-state index is -1.51. The molecule has 0 nitrogen and oxygen atoms in total. The van der Waals surface area contributed by atoms with Crippen LogP contribution in [0.4, 0.5) is 22.0 Å². The number of benzene rings is 4. The fraction of sp³-hybridized carbons (Fsp3) is 0.333. The van der Waals surface area contributed by atoms with Crippen LogP contribution in [0.15, 0.2) is 60.7 Å². The van der Waals surface area contributed by atoms with E-state index in [2.05, 4.69) is 6.92 Å². The Balaban J connectivity index is 1.37. The Labute approximate surface area is 221 Å². The van der Waals surface area contributed by atoms with Crippen molar-refractivity contribution in [2.24, 2.45) is 0 Å². The van der Waals surface area contributed by atoms with Crippen LogP contribution in [0.2, 0.25) is 0 Å². The molecule has 4 rings (SSSR count). The first kappa shape index (κ1) is 27.8. The second-order valence-electron chi connectivity index (χ2n) is 10.1. The molecule has 0 unspecified atom stereocenters. The van der Waals surface area contributed by atoms with E-state index in [0.29, 0.717) is 29.4 Å². The van der Waals surface area contributed by atoms with Crippen molar-refractivity contribution in [1.29, 1.82) is 0 Å². The van der Waals surface area contributed by atoms with Gasteiger partial charge in [0.1, 0.15) is 11.6 Å². The van der Waals surface area contributed by atoms with Gasteiger partial charge in [0.05, 0.1) is 0 Å². The van der Waals surface area contributed by atoms with E-state index in [1.807, 2.05) is 30.3 Å². The molecule has 0 N–H and O–H groups in total. The smallest absolute Gasteiger partial charge is 0.194 e. The molecule has 0 amide bonds. The summed E-state index contributed by atoms with van der Waals surface area (Å²) in [6.45, 7) is 2.19.